The lowest BCUT2D eigenvalue weighted by molar-refractivity contribution is -0.170. The molecule has 0 amide bonds. The fraction of sp³-hybridized carbons (Fsp3) is 0.286. The van der Waals surface area contributed by atoms with E-state index >= 15 is 0 Å². The Balaban J connectivity index is 1.19. The number of nitrogens with one attached hydrogen (secondary N) is 3. The van der Waals surface area contributed by atoms with Crippen LogP contribution in [0.25, 0.3) is 10.9 Å². The maximum Gasteiger partial charge on any atom is 0.249 e. The van der Waals surface area contributed by atoms with Crippen LogP contribution in [-0.4, -0.2) is 29.0 Å². The number of rotatable bonds is 5. The Morgan fingerprint density at radius 2 is 1.97 bits per heavy atom. The quantitative estimate of drug-likeness (QED) is 0.519. The molecule has 0 radical (unpaired) electrons. The van der Waals surface area contributed by atoms with Gasteiger partial charge in [-0.25, -0.2) is 13.8 Å². The van der Waals surface area contributed by atoms with E-state index in [9.17, 15) is 8.78 Å². The number of pyridine rings is 1. The minimum absolute atomic E-state index is 0.000676. The van der Waals surface area contributed by atoms with E-state index < -0.39 is 5.92 Å². The molecule has 1 aliphatic heterocycles. The van der Waals surface area contributed by atoms with Crippen molar-refractivity contribution in [3.8, 4) is 0 Å². The molecule has 2 fully saturated rings. The van der Waals surface area contributed by atoms with Gasteiger partial charge in [-0.05, 0) is 30.3 Å². The van der Waals surface area contributed by atoms with E-state index in [0.717, 1.165) is 28.1 Å². The highest BCUT2D eigenvalue weighted by Gasteiger charge is 2.61. The first kappa shape index (κ1) is 18.2. The van der Waals surface area contributed by atoms with Crippen LogP contribution in [0.4, 0.5) is 26.0 Å². The number of nitrogens with zero attached hydrogens (tertiary/aromatic N) is 2. The first-order valence-electron chi connectivity index (χ1n) is 9.39. The van der Waals surface area contributed by atoms with Crippen molar-refractivity contribution < 1.29 is 8.78 Å². The number of anilines is 3. The molecule has 5 nitrogen and oxygen atoms in total. The van der Waals surface area contributed by atoms with Crippen LogP contribution in [0.1, 0.15) is 12.8 Å². The molecule has 3 aromatic rings. The highest BCUT2D eigenvalue weighted by Crippen LogP contribution is 2.57. The Morgan fingerprint density at radius 3 is 2.66 bits per heavy atom. The monoisotopic (exact) mass is 415 g/mol. The van der Waals surface area contributed by atoms with Gasteiger partial charge in [-0.1, -0.05) is 18.2 Å². The molecule has 1 spiro atoms. The molecule has 3 N–H and O–H groups in total. The fourth-order valence-electron chi connectivity index (χ4n) is 4.41. The van der Waals surface area contributed by atoms with Gasteiger partial charge < -0.3 is 20.5 Å². The maximum atomic E-state index is 13.1. The number of aromatic amines is 1. The van der Waals surface area contributed by atoms with Gasteiger partial charge in [0.2, 0.25) is 5.92 Å². The van der Waals surface area contributed by atoms with Gasteiger partial charge in [-0.3, -0.25) is 0 Å². The molecule has 8 heteroatoms. The Kier molecular flexibility index (Phi) is 4.00. The summed E-state index contributed by atoms with van der Waals surface area (Å²) in [4.78, 5) is 9.68. The zero-order valence-corrected chi connectivity index (χ0v) is 16.4. The topological polar surface area (TPSA) is 56.0 Å². The fourth-order valence-corrected chi connectivity index (χ4v) is 4.58. The van der Waals surface area contributed by atoms with Crippen LogP contribution >= 0.6 is 11.6 Å². The number of halogens is 3. The second-order valence-electron chi connectivity index (χ2n) is 8.09. The molecule has 150 valence electrons. The van der Waals surface area contributed by atoms with Crippen molar-refractivity contribution in [2.45, 2.75) is 18.8 Å². The van der Waals surface area contributed by atoms with Crippen molar-refractivity contribution in [3.63, 3.8) is 0 Å². The first-order valence-corrected chi connectivity index (χ1v) is 9.77. The standard InChI is InChI=1S/C21H20ClF2N5/c1-13(28-18-8-25-17-4-2-14(22)6-16(17)18)27-15-3-5-19(26-7-15)29-11-20(12-29)9-21(23,24)10-20/h2-8,25,27-28H,1,9-12H2. The normalized spacial score (nSPS) is 18.9. The number of hydrogen-bond acceptors (Lipinski definition) is 4. The summed E-state index contributed by atoms with van der Waals surface area (Å²) >= 11 is 6.09. The number of alkyl halides is 2. The molecule has 3 heterocycles. The van der Waals surface area contributed by atoms with Crippen LogP contribution in [0.15, 0.2) is 55.1 Å². The molecule has 2 aliphatic rings. The second kappa shape index (κ2) is 6.35. The Labute approximate surface area is 171 Å². The first-order chi connectivity index (χ1) is 13.8. The number of fused-ring (bicyclic) bond motifs is 1. The number of hydrogen-bond donors (Lipinski definition) is 3. The van der Waals surface area contributed by atoms with E-state index in [-0.39, 0.29) is 18.3 Å². The zero-order valence-electron chi connectivity index (χ0n) is 15.6. The van der Waals surface area contributed by atoms with E-state index in [1.165, 1.54) is 0 Å². The second-order valence-corrected chi connectivity index (χ2v) is 8.53. The van der Waals surface area contributed by atoms with Gasteiger partial charge in [-0.2, -0.15) is 0 Å². The molecule has 1 aromatic carbocycles. The van der Waals surface area contributed by atoms with Crippen LogP contribution in [0.2, 0.25) is 5.02 Å². The molecule has 1 saturated carbocycles. The van der Waals surface area contributed by atoms with Gasteiger partial charge >= 0.3 is 0 Å². The van der Waals surface area contributed by atoms with Gasteiger partial charge in [0.05, 0.1) is 17.6 Å². The molecule has 1 aliphatic carbocycles. The van der Waals surface area contributed by atoms with Crippen molar-refractivity contribution in [1.29, 1.82) is 0 Å². The lowest BCUT2D eigenvalue weighted by atomic mass is 9.61. The van der Waals surface area contributed by atoms with Crippen LogP contribution in [0.3, 0.4) is 0 Å². The lowest BCUT2D eigenvalue weighted by Gasteiger charge is -2.59. The lowest BCUT2D eigenvalue weighted by Crippen LogP contribution is -2.66. The van der Waals surface area contributed by atoms with Crippen LogP contribution in [-0.2, 0) is 0 Å². The summed E-state index contributed by atoms with van der Waals surface area (Å²) in [7, 11) is 0. The van der Waals surface area contributed by atoms with E-state index in [1.807, 2.05) is 41.4 Å². The molecule has 0 bridgehead atoms. The minimum Gasteiger partial charge on any atom is -0.359 e. The molecule has 1 saturated heterocycles. The Morgan fingerprint density at radius 1 is 1.17 bits per heavy atom. The minimum atomic E-state index is -2.48. The summed E-state index contributed by atoms with van der Waals surface area (Å²) in [5.74, 6) is -1.07. The van der Waals surface area contributed by atoms with E-state index in [2.05, 4.69) is 27.2 Å². The Bertz CT molecular complexity index is 1080. The van der Waals surface area contributed by atoms with Gasteiger partial charge in [0, 0.05) is 53.5 Å². The van der Waals surface area contributed by atoms with Crippen molar-refractivity contribution >= 4 is 39.7 Å². The molecule has 0 unspecified atom stereocenters. The molecule has 29 heavy (non-hydrogen) atoms. The largest absolute Gasteiger partial charge is 0.359 e. The summed E-state index contributed by atoms with van der Waals surface area (Å²) < 4.78 is 26.3. The summed E-state index contributed by atoms with van der Waals surface area (Å²) in [6.45, 7) is 5.32. The summed E-state index contributed by atoms with van der Waals surface area (Å²) in [6, 6.07) is 9.44. The predicted molar refractivity (Wildman–Crippen MR) is 113 cm³/mol. The summed E-state index contributed by atoms with van der Waals surface area (Å²) in [6.07, 6.45) is 3.58. The van der Waals surface area contributed by atoms with Crippen molar-refractivity contribution in [2.75, 3.05) is 28.6 Å². The highest BCUT2D eigenvalue weighted by molar-refractivity contribution is 6.31. The summed E-state index contributed by atoms with van der Waals surface area (Å²) in [5, 5.41) is 8.05. The predicted octanol–water partition coefficient (Wildman–Crippen LogP) is 5.45. The summed E-state index contributed by atoms with van der Waals surface area (Å²) in [5.41, 5.74) is 2.43. The molecule has 5 rings (SSSR count). The molecule has 0 atom stereocenters. The van der Waals surface area contributed by atoms with Crippen molar-refractivity contribution in [2.24, 2.45) is 5.41 Å². The van der Waals surface area contributed by atoms with Crippen LogP contribution < -0.4 is 15.5 Å². The highest BCUT2D eigenvalue weighted by atomic mass is 35.5. The number of H-pyrrole nitrogens is 1. The van der Waals surface area contributed by atoms with E-state index in [0.29, 0.717) is 23.9 Å². The maximum absolute atomic E-state index is 13.1. The van der Waals surface area contributed by atoms with Crippen LogP contribution in [0, 0.1) is 5.41 Å². The number of aromatic nitrogens is 2. The molecular weight excluding hydrogens is 396 g/mol. The zero-order chi connectivity index (χ0) is 20.2. The third kappa shape index (κ3) is 3.40. The SMILES string of the molecule is C=C(Nc1ccc(N2CC3(C2)CC(F)(F)C3)nc1)Nc1c[nH]c2ccc(Cl)cc12. The average molecular weight is 416 g/mol. The molecular formula is C21H20ClF2N5. The smallest absolute Gasteiger partial charge is 0.249 e. The van der Waals surface area contributed by atoms with Crippen molar-refractivity contribution in [3.05, 3.63) is 60.1 Å². The third-order valence-electron chi connectivity index (χ3n) is 5.62. The van der Waals surface area contributed by atoms with E-state index in [4.69, 9.17) is 11.6 Å². The van der Waals surface area contributed by atoms with Gasteiger partial charge in [0.15, 0.2) is 0 Å². The molecule has 2 aromatic heterocycles. The van der Waals surface area contributed by atoms with Gasteiger partial charge in [0.1, 0.15) is 11.6 Å². The Hall–Kier alpha value is -2.80. The van der Waals surface area contributed by atoms with Gasteiger partial charge in [0.25, 0.3) is 0 Å². The average Bonchev–Trinajstić information content (AvgIpc) is 3.00. The van der Waals surface area contributed by atoms with Crippen LogP contribution in [0.5, 0.6) is 0 Å². The van der Waals surface area contributed by atoms with E-state index in [1.54, 1.807) is 6.20 Å². The van der Waals surface area contributed by atoms with Gasteiger partial charge in [-0.15, -0.1) is 0 Å². The number of benzene rings is 1. The third-order valence-corrected chi connectivity index (χ3v) is 5.85. The van der Waals surface area contributed by atoms with Crippen molar-refractivity contribution in [1.82, 2.24) is 9.97 Å².